The minimum atomic E-state index is 0.0358. The topological polar surface area (TPSA) is 66.3 Å². The first-order valence-electron chi connectivity index (χ1n) is 6.46. The Kier molecular flexibility index (Phi) is 2.43. The fourth-order valence-electron chi connectivity index (χ4n) is 2.69. The van der Waals surface area contributed by atoms with Crippen LogP contribution in [0.3, 0.4) is 0 Å². The maximum absolute atomic E-state index is 12.8. The summed E-state index contributed by atoms with van der Waals surface area (Å²) in [5, 5.41) is 1.95. The van der Waals surface area contributed by atoms with E-state index in [1.807, 2.05) is 27.8 Å². The highest BCUT2D eigenvalue weighted by atomic mass is 32.1. The van der Waals surface area contributed by atoms with Gasteiger partial charge in [-0.15, -0.1) is 11.3 Å². The Labute approximate surface area is 119 Å². The van der Waals surface area contributed by atoms with Crippen LogP contribution in [0.2, 0.25) is 0 Å². The number of nitrogens with one attached hydrogen (secondary N) is 1. The largest absolute Gasteiger partial charge is 0.347 e. The van der Waals surface area contributed by atoms with E-state index in [4.69, 9.17) is 0 Å². The lowest BCUT2D eigenvalue weighted by molar-refractivity contribution is 0.0724. The summed E-state index contributed by atoms with van der Waals surface area (Å²) in [4.78, 5) is 27.3. The predicted molar refractivity (Wildman–Crippen MR) is 74.8 cm³/mol. The molecule has 1 amide bonds. The van der Waals surface area contributed by atoms with Crippen molar-refractivity contribution < 1.29 is 4.79 Å². The van der Waals surface area contributed by atoms with Crippen molar-refractivity contribution in [3.05, 3.63) is 40.7 Å². The molecule has 4 rings (SSSR count). The number of hydrogen-bond acceptors (Lipinski definition) is 4. The van der Waals surface area contributed by atoms with Gasteiger partial charge in [0, 0.05) is 24.5 Å². The van der Waals surface area contributed by atoms with Crippen molar-refractivity contribution in [2.24, 2.45) is 0 Å². The highest BCUT2D eigenvalue weighted by molar-refractivity contribution is 7.15. The average Bonchev–Trinajstić information content (AvgIpc) is 3.11. The van der Waals surface area contributed by atoms with Crippen LogP contribution in [-0.4, -0.2) is 36.7 Å². The first kappa shape index (κ1) is 11.7. The van der Waals surface area contributed by atoms with Crippen molar-refractivity contribution in [3.8, 4) is 0 Å². The Balaban J connectivity index is 1.71. The summed E-state index contributed by atoms with van der Waals surface area (Å²) in [5.74, 6) is 0.0358. The van der Waals surface area contributed by atoms with E-state index in [0.717, 1.165) is 28.5 Å². The van der Waals surface area contributed by atoms with Gasteiger partial charge in [0.05, 0.1) is 30.0 Å². The molecular weight excluding hydrogens is 274 g/mol. The molecule has 20 heavy (non-hydrogen) atoms. The molecule has 102 valence electrons. The van der Waals surface area contributed by atoms with E-state index < -0.39 is 0 Å². The third-order valence-electron chi connectivity index (χ3n) is 3.70. The van der Waals surface area contributed by atoms with Gasteiger partial charge in [0.2, 0.25) is 0 Å². The van der Waals surface area contributed by atoms with Crippen molar-refractivity contribution in [2.75, 3.05) is 6.54 Å². The summed E-state index contributed by atoms with van der Waals surface area (Å²) >= 11 is 1.54. The Morgan fingerprint density at radius 1 is 1.50 bits per heavy atom. The molecule has 0 radical (unpaired) electrons. The van der Waals surface area contributed by atoms with E-state index in [0.29, 0.717) is 18.8 Å². The number of thiazole rings is 1. The van der Waals surface area contributed by atoms with Gasteiger partial charge in [-0.05, 0) is 6.92 Å². The van der Waals surface area contributed by atoms with Crippen LogP contribution in [0.25, 0.3) is 4.96 Å². The lowest BCUT2D eigenvalue weighted by Crippen LogP contribution is -2.36. The number of rotatable bonds is 1. The minimum Gasteiger partial charge on any atom is -0.347 e. The van der Waals surface area contributed by atoms with E-state index in [9.17, 15) is 4.79 Å². The van der Waals surface area contributed by atoms with Gasteiger partial charge < -0.3 is 9.88 Å². The van der Waals surface area contributed by atoms with Gasteiger partial charge in [-0.2, -0.15) is 0 Å². The molecule has 1 aliphatic heterocycles. The number of hydrogen-bond donors (Lipinski definition) is 1. The third kappa shape index (κ3) is 1.59. The quantitative estimate of drug-likeness (QED) is 0.739. The number of aromatic nitrogens is 4. The number of fused-ring (bicyclic) bond motifs is 2. The molecule has 0 spiro atoms. The number of aryl methyl sites for hydroxylation is 1. The lowest BCUT2D eigenvalue weighted by Gasteiger charge is -2.26. The van der Waals surface area contributed by atoms with Crippen LogP contribution in [0.4, 0.5) is 0 Å². The summed E-state index contributed by atoms with van der Waals surface area (Å²) in [6, 6.07) is 0. The highest BCUT2D eigenvalue weighted by Crippen LogP contribution is 2.21. The average molecular weight is 287 g/mol. The molecule has 0 aromatic carbocycles. The van der Waals surface area contributed by atoms with Crippen molar-refractivity contribution in [2.45, 2.75) is 19.9 Å². The lowest BCUT2D eigenvalue weighted by atomic mass is 10.1. The zero-order valence-corrected chi connectivity index (χ0v) is 11.8. The number of imidazole rings is 2. The molecule has 4 heterocycles. The van der Waals surface area contributed by atoms with Gasteiger partial charge >= 0.3 is 0 Å². The molecule has 3 aromatic rings. The first-order valence-corrected chi connectivity index (χ1v) is 7.34. The molecule has 3 aromatic heterocycles. The maximum Gasteiger partial charge on any atom is 0.273 e. The number of H-pyrrole nitrogens is 1. The van der Waals surface area contributed by atoms with Crippen molar-refractivity contribution in [3.63, 3.8) is 0 Å². The number of aromatic amines is 1. The molecule has 7 heteroatoms. The molecular formula is C13H13N5OS. The summed E-state index contributed by atoms with van der Waals surface area (Å²) in [7, 11) is 0. The van der Waals surface area contributed by atoms with Crippen LogP contribution in [0.1, 0.15) is 27.6 Å². The predicted octanol–water partition coefficient (Wildman–Crippen LogP) is 1.63. The fraction of sp³-hybridized carbons (Fsp3) is 0.308. The second-order valence-electron chi connectivity index (χ2n) is 4.91. The smallest absolute Gasteiger partial charge is 0.273 e. The summed E-state index contributed by atoms with van der Waals surface area (Å²) in [6.45, 7) is 3.18. The number of carbonyl (C=O) groups excluding carboxylic acids is 1. The van der Waals surface area contributed by atoms with Crippen molar-refractivity contribution >= 4 is 22.2 Å². The van der Waals surface area contributed by atoms with Gasteiger partial charge in [-0.1, -0.05) is 0 Å². The van der Waals surface area contributed by atoms with Gasteiger partial charge in [0.25, 0.3) is 5.91 Å². The first-order chi connectivity index (χ1) is 9.74. The Morgan fingerprint density at radius 2 is 2.40 bits per heavy atom. The summed E-state index contributed by atoms with van der Waals surface area (Å²) in [5.41, 5.74) is 3.56. The van der Waals surface area contributed by atoms with E-state index in [2.05, 4.69) is 15.0 Å². The van der Waals surface area contributed by atoms with Crippen LogP contribution in [0.5, 0.6) is 0 Å². The molecule has 0 bridgehead atoms. The van der Waals surface area contributed by atoms with Gasteiger partial charge in [-0.3, -0.25) is 9.20 Å². The molecule has 0 atom stereocenters. The van der Waals surface area contributed by atoms with E-state index >= 15 is 0 Å². The molecule has 0 fully saturated rings. The SMILES string of the molecule is Cc1nc2sccn2c1C(=O)N1CCc2nc[nH]c2C1. The Morgan fingerprint density at radius 3 is 3.30 bits per heavy atom. The number of carbonyl (C=O) groups is 1. The molecule has 0 saturated carbocycles. The Hall–Kier alpha value is -2.15. The van der Waals surface area contributed by atoms with Crippen LogP contribution < -0.4 is 0 Å². The zero-order valence-electron chi connectivity index (χ0n) is 11.0. The summed E-state index contributed by atoms with van der Waals surface area (Å²) < 4.78 is 1.88. The molecule has 1 aliphatic rings. The van der Waals surface area contributed by atoms with E-state index in [-0.39, 0.29) is 5.91 Å². The minimum absolute atomic E-state index is 0.0358. The van der Waals surface area contributed by atoms with Crippen LogP contribution in [0.15, 0.2) is 17.9 Å². The summed E-state index contributed by atoms with van der Waals surface area (Å²) in [6.07, 6.45) is 4.40. The molecule has 0 saturated heterocycles. The van der Waals surface area contributed by atoms with Gasteiger partial charge in [-0.25, -0.2) is 9.97 Å². The molecule has 1 N–H and O–H groups in total. The van der Waals surface area contributed by atoms with Gasteiger partial charge in [0.15, 0.2) is 4.96 Å². The second-order valence-corrected chi connectivity index (χ2v) is 5.78. The normalized spacial score (nSPS) is 14.8. The fourth-order valence-corrected chi connectivity index (χ4v) is 3.45. The second kappa shape index (κ2) is 4.17. The van der Waals surface area contributed by atoms with E-state index in [1.165, 1.54) is 0 Å². The zero-order chi connectivity index (χ0) is 13.7. The van der Waals surface area contributed by atoms with Gasteiger partial charge in [0.1, 0.15) is 5.69 Å². The van der Waals surface area contributed by atoms with Crippen molar-refractivity contribution in [1.82, 2.24) is 24.3 Å². The highest BCUT2D eigenvalue weighted by Gasteiger charge is 2.27. The maximum atomic E-state index is 12.8. The molecule has 0 aliphatic carbocycles. The standard InChI is InChI=1S/C13H13N5OS/c1-8-11(18-4-5-20-13(18)16-8)12(19)17-3-2-9-10(6-17)15-7-14-9/h4-5,7H,2-3,6H2,1H3,(H,14,15). The van der Waals surface area contributed by atoms with E-state index in [1.54, 1.807) is 17.7 Å². The molecule has 6 nitrogen and oxygen atoms in total. The number of nitrogens with zero attached hydrogens (tertiary/aromatic N) is 4. The monoisotopic (exact) mass is 287 g/mol. The van der Waals surface area contributed by atoms with Crippen LogP contribution in [-0.2, 0) is 13.0 Å². The Bertz CT molecular complexity index is 799. The third-order valence-corrected chi connectivity index (χ3v) is 4.46. The van der Waals surface area contributed by atoms with Crippen LogP contribution in [0, 0.1) is 6.92 Å². The molecule has 0 unspecified atom stereocenters. The van der Waals surface area contributed by atoms with Crippen LogP contribution >= 0.6 is 11.3 Å². The number of amides is 1. The van der Waals surface area contributed by atoms with Crippen molar-refractivity contribution in [1.29, 1.82) is 0 Å².